The molecular weight excluding hydrogens is 368 g/mol. The Labute approximate surface area is 164 Å². The monoisotopic (exact) mass is 398 g/mol. The van der Waals surface area contributed by atoms with Crippen molar-refractivity contribution >= 4 is 0 Å². The van der Waals surface area contributed by atoms with Gasteiger partial charge in [0.25, 0.3) is 0 Å². The highest BCUT2D eigenvalue weighted by Gasteiger charge is 2.43. The molecule has 0 radical (unpaired) electrons. The van der Waals surface area contributed by atoms with Crippen LogP contribution in [0.25, 0.3) is 0 Å². The number of aromatic hydroxyl groups is 1. The van der Waals surface area contributed by atoms with E-state index < -0.39 is 36.3 Å². The van der Waals surface area contributed by atoms with Crippen LogP contribution in [-0.4, -0.2) is 75.1 Å². The molecule has 0 spiro atoms. The quantitative estimate of drug-likeness (QED) is 0.487. The first-order valence-electron chi connectivity index (χ1n) is 9.52. The molecule has 5 N–H and O–H groups in total. The average Bonchev–Trinajstić information content (AvgIpc) is 2.66. The normalized spacial score (nSPS) is 35.4. The van der Waals surface area contributed by atoms with Gasteiger partial charge >= 0.3 is 0 Å². The molecule has 1 aromatic carbocycles. The smallest absolute Gasteiger partial charge is 0.184 e. The number of ether oxygens (including phenoxy) is 3. The topological polar surface area (TPSA) is 129 Å². The molecular formula is C20H30O8. The van der Waals surface area contributed by atoms with Gasteiger partial charge in [0.2, 0.25) is 0 Å². The fourth-order valence-corrected chi connectivity index (χ4v) is 3.86. The van der Waals surface area contributed by atoms with Gasteiger partial charge in [-0.2, -0.15) is 0 Å². The molecule has 3 rings (SSSR count). The maximum absolute atomic E-state index is 10.3. The molecule has 1 saturated heterocycles. The third-order valence-corrected chi connectivity index (χ3v) is 5.97. The molecule has 8 nitrogen and oxygen atoms in total. The number of hydrogen-bond donors (Lipinski definition) is 5. The highest BCUT2D eigenvalue weighted by atomic mass is 16.6. The molecule has 0 aliphatic carbocycles. The number of fused-ring (bicyclic) bond motifs is 1. The van der Waals surface area contributed by atoms with E-state index in [4.69, 9.17) is 14.2 Å². The first-order chi connectivity index (χ1) is 13.1. The summed E-state index contributed by atoms with van der Waals surface area (Å²) < 4.78 is 17.1. The molecule has 2 heterocycles. The van der Waals surface area contributed by atoms with E-state index in [0.29, 0.717) is 12.2 Å². The lowest BCUT2D eigenvalue weighted by molar-refractivity contribution is -0.289. The van der Waals surface area contributed by atoms with Crippen LogP contribution < -0.4 is 4.74 Å². The first kappa shape index (κ1) is 21.3. The van der Waals surface area contributed by atoms with E-state index in [-0.39, 0.29) is 13.2 Å². The summed E-state index contributed by atoms with van der Waals surface area (Å²) in [5, 5.41) is 49.2. The van der Waals surface area contributed by atoms with Gasteiger partial charge in [0, 0.05) is 5.56 Å². The van der Waals surface area contributed by atoms with Gasteiger partial charge in [-0.15, -0.1) is 0 Å². The minimum absolute atomic E-state index is 0.0690. The molecule has 1 aromatic rings. The number of hydrogen-bond acceptors (Lipinski definition) is 8. The van der Waals surface area contributed by atoms with E-state index in [2.05, 4.69) is 0 Å². The number of aliphatic hydroxyl groups is 4. The molecule has 6 atom stereocenters. The lowest BCUT2D eigenvalue weighted by Gasteiger charge is -2.40. The van der Waals surface area contributed by atoms with Gasteiger partial charge in [-0.3, -0.25) is 0 Å². The molecule has 28 heavy (non-hydrogen) atoms. The summed E-state index contributed by atoms with van der Waals surface area (Å²) in [6, 6.07) is 0. The summed E-state index contributed by atoms with van der Waals surface area (Å²) >= 11 is 0. The fraction of sp³-hybridized carbons (Fsp3) is 0.700. The molecule has 8 heteroatoms. The maximum Gasteiger partial charge on any atom is 0.184 e. The summed E-state index contributed by atoms with van der Waals surface area (Å²) in [5.41, 5.74) is 2.92. The van der Waals surface area contributed by atoms with Gasteiger partial charge in [0.1, 0.15) is 41.5 Å². The number of phenols is 1. The van der Waals surface area contributed by atoms with E-state index in [9.17, 15) is 25.5 Å². The van der Waals surface area contributed by atoms with Gasteiger partial charge < -0.3 is 39.7 Å². The molecule has 0 amide bonds. The van der Waals surface area contributed by atoms with E-state index >= 15 is 0 Å². The minimum atomic E-state index is -1.58. The second-order valence-electron chi connectivity index (χ2n) is 8.14. The second-order valence-corrected chi connectivity index (χ2v) is 8.14. The molecule has 2 aliphatic rings. The zero-order valence-corrected chi connectivity index (χ0v) is 16.7. The predicted octanol–water partition coefficient (Wildman–Crippen LogP) is 0.218. The standard InChI is InChI=1S/C20H30O8/c1-9-10(2)18-12(11(3)14(9)21)5-6-20(4,28-18)8-26-7-13-15(22)16(23)17(24)19(25)27-13/h13,15-17,19,21-25H,5-8H2,1-4H3/t13-,15-,16+,17-,19+,20?/m1/s1. The lowest BCUT2D eigenvalue weighted by atomic mass is 9.87. The van der Waals surface area contributed by atoms with E-state index in [1.165, 1.54) is 0 Å². The Hall–Kier alpha value is -1.42. The first-order valence-corrected chi connectivity index (χ1v) is 9.52. The Morgan fingerprint density at radius 2 is 1.68 bits per heavy atom. The predicted molar refractivity (Wildman–Crippen MR) is 99.4 cm³/mol. The van der Waals surface area contributed by atoms with Gasteiger partial charge in [-0.1, -0.05) is 0 Å². The SMILES string of the molecule is Cc1c(C)c2c(c(C)c1O)CCC(C)(COC[C@H]1O[C@H](O)[C@H](O)[C@@H](O)[C@@H]1O)O2. The third-order valence-electron chi connectivity index (χ3n) is 5.97. The zero-order chi connectivity index (χ0) is 20.8. The van der Waals surface area contributed by atoms with Crippen molar-refractivity contribution in [2.24, 2.45) is 0 Å². The van der Waals surface area contributed by atoms with Gasteiger partial charge in [-0.05, 0) is 57.2 Å². The number of aliphatic hydroxyl groups excluding tert-OH is 4. The van der Waals surface area contributed by atoms with Crippen LogP contribution in [0, 0.1) is 20.8 Å². The number of phenolic OH excluding ortho intramolecular Hbond substituents is 1. The molecule has 1 unspecified atom stereocenters. The summed E-state index contributed by atoms with van der Waals surface area (Å²) in [7, 11) is 0. The lowest BCUT2D eigenvalue weighted by Crippen LogP contribution is -2.58. The van der Waals surface area contributed by atoms with Crippen molar-refractivity contribution in [1.82, 2.24) is 0 Å². The average molecular weight is 398 g/mol. The zero-order valence-electron chi connectivity index (χ0n) is 16.7. The van der Waals surface area contributed by atoms with Crippen molar-refractivity contribution in [3.05, 3.63) is 22.3 Å². The molecule has 0 saturated carbocycles. The largest absolute Gasteiger partial charge is 0.507 e. The molecule has 2 aliphatic heterocycles. The highest BCUT2D eigenvalue weighted by Crippen LogP contribution is 2.43. The Balaban J connectivity index is 1.65. The van der Waals surface area contributed by atoms with E-state index in [1.54, 1.807) is 0 Å². The van der Waals surface area contributed by atoms with Crippen molar-refractivity contribution in [2.45, 2.75) is 76.8 Å². The van der Waals surface area contributed by atoms with Crippen molar-refractivity contribution in [1.29, 1.82) is 0 Å². The van der Waals surface area contributed by atoms with Gasteiger partial charge in [0.15, 0.2) is 6.29 Å². The van der Waals surface area contributed by atoms with Crippen LogP contribution in [0.3, 0.4) is 0 Å². The summed E-state index contributed by atoms with van der Waals surface area (Å²) in [5.74, 6) is 1.08. The Kier molecular flexibility index (Phi) is 5.91. The minimum Gasteiger partial charge on any atom is -0.507 e. The molecule has 0 bridgehead atoms. The summed E-state index contributed by atoms with van der Waals surface area (Å²) in [4.78, 5) is 0. The highest BCUT2D eigenvalue weighted by molar-refractivity contribution is 5.58. The summed E-state index contributed by atoms with van der Waals surface area (Å²) in [6.45, 7) is 7.73. The van der Waals surface area contributed by atoms with Gasteiger partial charge in [0.05, 0.1) is 13.2 Å². The van der Waals surface area contributed by atoms with E-state index in [0.717, 1.165) is 34.4 Å². The second kappa shape index (κ2) is 7.78. The number of benzene rings is 1. The van der Waals surface area contributed by atoms with Crippen LogP contribution in [0.2, 0.25) is 0 Å². The third kappa shape index (κ3) is 3.72. The Morgan fingerprint density at radius 3 is 2.36 bits per heavy atom. The maximum atomic E-state index is 10.3. The summed E-state index contributed by atoms with van der Waals surface area (Å²) in [6.07, 6.45) is -5.56. The van der Waals surface area contributed by atoms with Crippen LogP contribution in [0.5, 0.6) is 11.5 Å². The molecule has 0 aromatic heterocycles. The van der Waals surface area contributed by atoms with Crippen molar-refractivity contribution in [2.75, 3.05) is 13.2 Å². The van der Waals surface area contributed by atoms with Crippen LogP contribution >= 0.6 is 0 Å². The molecule has 158 valence electrons. The van der Waals surface area contributed by atoms with E-state index in [1.807, 2.05) is 27.7 Å². The molecule has 1 fully saturated rings. The Bertz CT molecular complexity index is 736. The van der Waals surface area contributed by atoms with Crippen molar-refractivity contribution in [3.8, 4) is 11.5 Å². The van der Waals surface area contributed by atoms with Crippen LogP contribution in [0.15, 0.2) is 0 Å². The van der Waals surface area contributed by atoms with Gasteiger partial charge in [-0.25, -0.2) is 0 Å². The van der Waals surface area contributed by atoms with Crippen molar-refractivity contribution in [3.63, 3.8) is 0 Å². The number of rotatable bonds is 4. The van der Waals surface area contributed by atoms with Crippen LogP contribution in [-0.2, 0) is 15.9 Å². The van der Waals surface area contributed by atoms with Crippen LogP contribution in [0.4, 0.5) is 0 Å². The van der Waals surface area contributed by atoms with Crippen molar-refractivity contribution < 1.29 is 39.7 Å². The fourth-order valence-electron chi connectivity index (χ4n) is 3.86. The van der Waals surface area contributed by atoms with Crippen LogP contribution in [0.1, 0.15) is 35.6 Å². The Morgan fingerprint density at radius 1 is 1.00 bits per heavy atom.